The lowest BCUT2D eigenvalue weighted by Gasteiger charge is -2.09. The maximum Gasteiger partial charge on any atom is 0.516 e. The van der Waals surface area contributed by atoms with E-state index in [9.17, 15) is 21.6 Å². The Labute approximate surface area is 77.7 Å². The van der Waals surface area contributed by atoms with Crippen LogP contribution in [0, 0.1) is 0 Å². The molecule has 0 unspecified atom stereocenters. The predicted molar refractivity (Wildman–Crippen MR) is 45.0 cm³/mol. The number of hydrogen-bond donors (Lipinski definition) is 1. The van der Waals surface area contributed by atoms with Crippen molar-refractivity contribution in [2.45, 2.75) is 5.51 Å². The minimum absolute atomic E-state index is 0.308. The second-order valence-electron chi connectivity index (χ2n) is 1.78. The summed E-state index contributed by atoms with van der Waals surface area (Å²) < 4.78 is 57.4. The molecule has 0 aromatic heterocycles. The zero-order chi connectivity index (χ0) is 10.7. The van der Waals surface area contributed by atoms with E-state index in [0.717, 1.165) is 11.8 Å². The second kappa shape index (κ2) is 4.18. The van der Waals surface area contributed by atoms with E-state index in [1.165, 1.54) is 18.0 Å². The molecule has 4 nitrogen and oxygen atoms in total. The normalized spacial score (nSPS) is 14.4. The molecule has 78 valence electrons. The highest BCUT2D eigenvalue weighted by Crippen LogP contribution is 2.22. The number of amidine groups is 1. The Bertz CT molecular complexity index is 295. The Morgan fingerprint density at radius 3 is 2.15 bits per heavy atom. The van der Waals surface area contributed by atoms with Crippen LogP contribution in [-0.4, -0.2) is 32.4 Å². The quantitative estimate of drug-likeness (QED) is 0.540. The molecule has 1 N–H and O–H groups in total. The number of halogens is 3. The first kappa shape index (κ1) is 12.6. The summed E-state index contributed by atoms with van der Waals surface area (Å²) in [5, 5.41) is -0.308. The van der Waals surface area contributed by atoms with E-state index in [2.05, 4.69) is 4.99 Å². The summed E-state index contributed by atoms with van der Waals surface area (Å²) in [4.78, 5) is 3.29. The zero-order valence-corrected chi connectivity index (χ0v) is 8.35. The highest BCUT2D eigenvalue weighted by Gasteiger charge is 2.46. The molecule has 0 aliphatic carbocycles. The molecule has 0 saturated carbocycles. The van der Waals surface area contributed by atoms with Crippen LogP contribution in [0.3, 0.4) is 0 Å². The van der Waals surface area contributed by atoms with Crippen molar-refractivity contribution in [2.75, 3.05) is 13.3 Å². The number of thioether (sulfide) groups is 1. The third kappa shape index (κ3) is 3.43. The van der Waals surface area contributed by atoms with Gasteiger partial charge in [0.15, 0.2) is 5.17 Å². The van der Waals surface area contributed by atoms with Crippen molar-refractivity contribution in [1.82, 2.24) is 4.72 Å². The van der Waals surface area contributed by atoms with Gasteiger partial charge in [-0.05, 0) is 6.26 Å². The maximum atomic E-state index is 11.8. The molecular weight excluding hydrogens is 229 g/mol. The molecule has 0 aliphatic rings. The van der Waals surface area contributed by atoms with Gasteiger partial charge in [-0.2, -0.15) is 21.6 Å². The van der Waals surface area contributed by atoms with Gasteiger partial charge in [0.25, 0.3) is 0 Å². The number of rotatable bonds is 1. The molecule has 0 heterocycles. The third-order valence-corrected chi connectivity index (χ3v) is 2.79. The number of nitrogens with zero attached hydrogens (tertiary/aromatic N) is 1. The van der Waals surface area contributed by atoms with Gasteiger partial charge in [0, 0.05) is 7.05 Å². The molecule has 0 spiro atoms. The highest BCUT2D eigenvalue weighted by molar-refractivity contribution is 8.14. The van der Waals surface area contributed by atoms with Crippen molar-refractivity contribution >= 4 is 27.0 Å². The molecule has 0 aliphatic heterocycles. The number of hydrogen-bond acceptors (Lipinski definition) is 4. The van der Waals surface area contributed by atoms with Gasteiger partial charge in [0.2, 0.25) is 0 Å². The lowest BCUT2D eigenvalue weighted by Crippen LogP contribution is -2.39. The van der Waals surface area contributed by atoms with Crippen LogP contribution in [0.15, 0.2) is 4.99 Å². The molecule has 0 radical (unpaired) electrons. The first-order valence-electron chi connectivity index (χ1n) is 2.84. The van der Waals surface area contributed by atoms with Crippen LogP contribution in [0.1, 0.15) is 0 Å². The Morgan fingerprint density at radius 1 is 1.46 bits per heavy atom. The third-order valence-electron chi connectivity index (χ3n) is 0.923. The van der Waals surface area contributed by atoms with Crippen LogP contribution >= 0.6 is 11.8 Å². The molecule has 0 amide bonds. The van der Waals surface area contributed by atoms with Gasteiger partial charge in [-0.25, -0.2) is 0 Å². The summed E-state index contributed by atoms with van der Waals surface area (Å²) in [6.07, 6.45) is 1.40. The van der Waals surface area contributed by atoms with E-state index in [1.54, 1.807) is 0 Å². The summed E-state index contributed by atoms with van der Waals surface area (Å²) in [6, 6.07) is 0. The van der Waals surface area contributed by atoms with Gasteiger partial charge in [0.05, 0.1) is 0 Å². The van der Waals surface area contributed by atoms with Gasteiger partial charge < -0.3 is 0 Å². The number of alkyl halides is 3. The van der Waals surface area contributed by atoms with Crippen LogP contribution in [0.25, 0.3) is 0 Å². The predicted octanol–water partition coefficient (Wildman–Crippen LogP) is 0.774. The van der Waals surface area contributed by atoms with E-state index in [4.69, 9.17) is 0 Å². The van der Waals surface area contributed by atoms with Gasteiger partial charge in [-0.1, -0.05) is 11.8 Å². The lowest BCUT2D eigenvalue weighted by molar-refractivity contribution is -0.0442. The second-order valence-corrected chi connectivity index (χ2v) is 4.25. The van der Waals surface area contributed by atoms with Gasteiger partial charge >= 0.3 is 15.5 Å². The zero-order valence-electron chi connectivity index (χ0n) is 6.71. The van der Waals surface area contributed by atoms with E-state index in [1.807, 2.05) is 0 Å². The van der Waals surface area contributed by atoms with Crippen LogP contribution < -0.4 is 4.72 Å². The Hall–Kier alpha value is -0.440. The topological polar surface area (TPSA) is 58.5 Å². The molecular formula is C4H7F3N2O2S2. The smallest absolute Gasteiger partial charge is 0.265 e. The molecule has 0 atom stereocenters. The van der Waals surface area contributed by atoms with Crippen molar-refractivity contribution in [3.8, 4) is 0 Å². The lowest BCUT2D eigenvalue weighted by atomic mass is 11.2. The van der Waals surface area contributed by atoms with E-state index in [0.29, 0.717) is 0 Å². The SMILES string of the molecule is CN=C(NS(=O)(=O)C(F)(F)F)SC. The standard InChI is InChI=1S/C4H7F3N2O2S2/c1-8-3(12-2)9-13(10,11)4(5,6)7/h1-2H3,(H,8,9). The largest absolute Gasteiger partial charge is 0.516 e. The number of aliphatic imine (C=N–C) groups is 1. The maximum absolute atomic E-state index is 11.8. The molecule has 0 saturated heterocycles. The average molecular weight is 236 g/mol. The molecule has 9 heteroatoms. The first-order chi connectivity index (χ1) is 5.74. The summed E-state index contributed by atoms with van der Waals surface area (Å²) in [5.74, 6) is 0. The van der Waals surface area contributed by atoms with Crippen LogP contribution in [0.2, 0.25) is 0 Å². The van der Waals surface area contributed by atoms with Gasteiger partial charge in [-0.3, -0.25) is 9.71 Å². The van der Waals surface area contributed by atoms with Crippen LogP contribution in [0.4, 0.5) is 13.2 Å². The molecule has 0 rings (SSSR count). The fourth-order valence-electron chi connectivity index (χ4n) is 0.351. The van der Waals surface area contributed by atoms with Crippen molar-refractivity contribution in [1.29, 1.82) is 0 Å². The van der Waals surface area contributed by atoms with Crippen molar-refractivity contribution in [2.24, 2.45) is 4.99 Å². The van der Waals surface area contributed by atoms with Gasteiger partial charge in [0.1, 0.15) is 0 Å². The molecule has 0 fully saturated rings. The Morgan fingerprint density at radius 2 is 1.92 bits per heavy atom. The fourth-order valence-corrected chi connectivity index (χ4v) is 1.63. The molecule has 0 aromatic rings. The van der Waals surface area contributed by atoms with E-state index < -0.39 is 15.5 Å². The number of sulfonamides is 1. The van der Waals surface area contributed by atoms with Crippen molar-refractivity contribution < 1.29 is 21.6 Å². The highest BCUT2D eigenvalue weighted by atomic mass is 32.2. The Balaban J connectivity index is 4.73. The molecule has 0 bridgehead atoms. The minimum Gasteiger partial charge on any atom is -0.265 e. The van der Waals surface area contributed by atoms with Crippen molar-refractivity contribution in [3.05, 3.63) is 0 Å². The first-order valence-corrected chi connectivity index (χ1v) is 5.55. The molecule has 13 heavy (non-hydrogen) atoms. The van der Waals surface area contributed by atoms with E-state index >= 15 is 0 Å². The summed E-state index contributed by atoms with van der Waals surface area (Å²) in [7, 11) is -4.14. The summed E-state index contributed by atoms with van der Waals surface area (Å²) >= 11 is 0.773. The summed E-state index contributed by atoms with van der Waals surface area (Å²) in [5.41, 5.74) is -5.31. The van der Waals surface area contributed by atoms with Crippen molar-refractivity contribution in [3.63, 3.8) is 0 Å². The molecule has 0 aromatic carbocycles. The van der Waals surface area contributed by atoms with Crippen LogP contribution in [0.5, 0.6) is 0 Å². The number of nitrogens with one attached hydrogen (secondary N) is 1. The monoisotopic (exact) mass is 236 g/mol. The van der Waals surface area contributed by atoms with E-state index in [-0.39, 0.29) is 5.17 Å². The van der Waals surface area contributed by atoms with Crippen LogP contribution in [-0.2, 0) is 10.0 Å². The summed E-state index contributed by atoms with van der Waals surface area (Å²) in [6.45, 7) is 0. The minimum atomic E-state index is -5.32. The van der Waals surface area contributed by atoms with Gasteiger partial charge in [-0.15, -0.1) is 0 Å². The Kier molecular flexibility index (Phi) is 4.04. The average Bonchev–Trinajstić information content (AvgIpc) is 1.98. The fraction of sp³-hybridized carbons (Fsp3) is 0.750.